The zero-order valence-corrected chi connectivity index (χ0v) is 20.5. The number of rotatable bonds is 6. The minimum atomic E-state index is 0.432. The summed E-state index contributed by atoms with van der Waals surface area (Å²) in [6, 6.07) is 13.3. The largest absolute Gasteiger partial charge is 0.142 e. The summed E-state index contributed by atoms with van der Waals surface area (Å²) < 4.78 is 0. The molecule has 0 aromatic heterocycles. The average molecular weight is 413 g/mol. The average Bonchev–Trinajstić information content (AvgIpc) is 2.65. The van der Waals surface area contributed by atoms with Gasteiger partial charge in [0.1, 0.15) is 0 Å². The van der Waals surface area contributed by atoms with Crippen LogP contribution in [0.4, 0.5) is 0 Å². The standard InChI is InChI=1S/C26H36S2/c1-15(2)19-11-9-12-20(16(3)4)23(19)25(27)26(28)24-21(17(5)6)13-10-14-22(24)18(7)8/h9-18,27-28H,1-8H3/b26-25-. The van der Waals surface area contributed by atoms with Crippen molar-refractivity contribution < 1.29 is 0 Å². The zero-order chi connectivity index (χ0) is 21.2. The quantitative estimate of drug-likeness (QED) is 0.343. The van der Waals surface area contributed by atoms with E-state index in [9.17, 15) is 0 Å². The Kier molecular flexibility index (Phi) is 7.93. The highest BCUT2D eigenvalue weighted by Gasteiger charge is 2.21. The van der Waals surface area contributed by atoms with Gasteiger partial charge in [-0.2, -0.15) is 0 Å². The molecule has 0 aliphatic rings. The van der Waals surface area contributed by atoms with Gasteiger partial charge in [-0.3, -0.25) is 0 Å². The number of thiol groups is 2. The van der Waals surface area contributed by atoms with Crippen molar-refractivity contribution >= 4 is 35.1 Å². The molecule has 0 nitrogen and oxygen atoms in total. The molecule has 0 saturated carbocycles. The van der Waals surface area contributed by atoms with E-state index < -0.39 is 0 Å². The Labute approximate surface area is 183 Å². The fourth-order valence-corrected chi connectivity index (χ4v) is 4.63. The third-order valence-corrected chi connectivity index (χ3v) is 6.51. The molecule has 0 aliphatic carbocycles. The van der Waals surface area contributed by atoms with Gasteiger partial charge in [0.05, 0.1) is 0 Å². The second-order valence-electron chi connectivity index (χ2n) is 8.94. The summed E-state index contributed by atoms with van der Waals surface area (Å²) in [4.78, 5) is 1.98. The molecule has 0 amide bonds. The van der Waals surface area contributed by atoms with Crippen LogP contribution >= 0.6 is 25.3 Å². The van der Waals surface area contributed by atoms with Crippen LogP contribution in [-0.4, -0.2) is 0 Å². The summed E-state index contributed by atoms with van der Waals surface area (Å²) in [5, 5.41) is 0. The molecule has 0 bridgehead atoms. The van der Waals surface area contributed by atoms with E-state index in [4.69, 9.17) is 25.3 Å². The maximum absolute atomic E-state index is 5.09. The van der Waals surface area contributed by atoms with E-state index in [2.05, 4.69) is 91.8 Å². The monoisotopic (exact) mass is 412 g/mol. The smallest absolute Gasteiger partial charge is 0.0259 e. The van der Waals surface area contributed by atoms with Crippen LogP contribution in [0.15, 0.2) is 36.4 Å². The van der Waals surface area contributed by atoms with E-state index >= 15 is 0 Å². The lowest BCUT2D eigenvalue weighted by molar-refractivity contribution is 0.826. The molecule has 0 unspecified atom stereocenters. The van der Waals surface area contributed by atoms with Crippen LogP contribution in [0.5, 0.6) is 0 Å². The SMILES string of the molecule is CC(C)c1cccc(C(C)C)c1/C(S)=C(/S)c1c(C(C)C)cccc1C(C)C. The minimum Gasteiger partial charge on any atom is -0.142 e. The Morgan fingerprint density at radius 1 is 0.500 bits per heavy atom. The lowest BCUT2D eigenvalue weighted by Crippen LogP contribution is -2.05. The first kappa shape index (κ1) is 23.2. The summed E-state index contributed by atoms with van der Waals surface area (Å²) in [7, 11) is 0. The van der Waals surface area contributed by atoms with Crippen LogP contribution in [0.3, 0.4) is 0 Å². The molecular formula is C26H36S2. The maximum Gasteiger partial charge on any atom is 0.0259 e. The predicted octanol–water partition coefficient (Wildman–Crippen LogP) is 8.87. The van der Waals surface area contributed by atoms with Crippen LogP contribution in [0.2, 0.25) is 0 Å². The summed E-state index contributed by atoms with van der Waals surface area (Å²) in [6.07, 6.45) is 0. The topological polar surface area (TPSA) is 0 Å². The normalized spacial score (nSPS) is 13.1. The third kappa shape index (κ3) is 4.71. The lowest BCUT2D eigenvalue weighted by Gasteiger charge is -2.24. The van der Waals surface area contributed by atoms with Crippen molar-refractivity contribution in [1.82, 2.24) is 0 Å². The predicted molar refractivity (Wildman–Crippen MR) is 134 cm³/mol. The van der Waals surface area contributed by atoms with Gasteiger partial charge in [-0.15, -0.1) is 25.3 Å². The van der Waals surface area contributed by atoms with Gasteiger partial charge in [0, 0.05) is 9.81 Å². The van der Waals surface area contributed by atoms with E-state index in [1.54, 1.807) is 0 Å². The Balaban J connectivity index is 2.88. The minimum absolute atomic E-state index is 0.432. The fraction of sp³-hybridized carbons (Fsp3) is 0.462. The van der Waals surface area contributed by atoms with Crippen LogP contribution in [0.25, 0.3) is 9.81 Å². The highest BCUT2D eigenvalue weighted by Crippen LogP contribution is 2.43. The first-order valence-corrected chi connectivity index (χ1v) is 11.4. The van der Waals surface area contributed by atoms with E-state index in [1.165, 1.54) is 33.4 Å². The van der Waals surface area contributed by atoms with E-state index in [0.717, 1.165) is 9.81 Å². The van der Waals surface area contributed by atoms with Gasteiger partial charge >= 0.3 is 0 Å². The number of hydrogen-bond acceptors (Lipinski definition) is 2. The Hall–Kier alpha value is -1.12. The molecule has 2 aromatic rings. The Bertz CT molecular complexity index is 731. The lowest BCUT2D eigenvalue weighted by atomic mass is 9.85. The number of hydrogen-bond donors (Lipinski definition) is 2. The molecule has 0 heterocycles. The van der Waals surface area contributed by atoms with Gasteiger partial charge < -0.3 is 0 Å². The second-order valence-corrected chi connectivity index (χ2v) is 9.83. The molecular weight excluding hydrogens is 376 g/mol. The number of benzene rings is 2. The van der Waals surface area contributed by atoms with E-state index in [1.807, 2.05) is 0 Å². The summed E-state index contributed by atoms with van der Waals surface area (Å²) >= 11 is 10.2. The highest BCUT2D eigenvalue weighted by atomic mass is 32.1. The molecule has 0 spiro atoms. The molecule has 0 N–H and O–H groups in total. The summed E-state index contributed by atoms with van der Waals surface area (Å²) in [5.74, 6) is 1.73. The molecule has 0 aliphatic heterocycles. The van der Waals surface area contributed by atoms with Gasteiger partial charge in [-0.25, -0.2) is 0 Å². The van der Waals surface area contributed by atoms with Gasteiger partial charge in [0.25, 0.3) is 0 Å². The molecule has 2 aromatic carbocycles. The van der Waals surface area contributed by atoms with Crippen molar-refractivity contribution in [2.75, 3.05) is 0 Å². The van der Waals surface area contributed by atoms with E-state index in [-0.39, 0.29) is 0 Å². The Morgan fingerprint density at radius 2 is 0.714 bits per heavy atom. The van der Waals surface area contributed by atoms with E-state index in [0.29, 0.717) is 23.7 Å². The molecule has 0 atom stereocenters. The van der Waals surface area contributed by atoms with Crippen LogP contribution in [0.1, 0.15) is 112 Å². The Morgan fingerprint density at radius 3 is 0.893 bits per heavy atom. The molecule has 2 heteroatoms. The van der Waals surface area contributed by atoms with Crippen molar-refractivity contribution in [3.05, 3.63) is 69.8 Å². The van der Waals surface area contributed by atoms with Crippen LogP contribution < -0.4 is 0 Å². The first-order chi connectivity index (χ1) is 13.1. The van der Waals surface area contributed by atoms with Crippen LogP contribution in [-0.2, 0) is 0 Å². The van der Waals surface area contributed by atoms with Crippen molar-refractivity contribution in [3.8, 4) is 0 Å². The molecule has 0 fully saturated rings. The fourth-order valence-electron chi connectivity index (χ4n) is 3.89. The molecule has 0 radical (unpaired) electrons. The van der Waals surface area contributed by atoms with Gasteiger partial charge in [-0.1, -0.05) is 91.8 Å². The van der Waals surface area contributed by atoms with Crippen molar-refractivity contribution in [3.63, 3.8) is 0 Å². The first-order valence-electron chi connectivity index (χ1n) is 10.5. The highest BCUT2D eigenvalue weighted by molar-refractivity contribution is 7.96. The third-order valence-electron chi connectivity index (χ3n) is 5.44. The summed E-state index contributed by atoms with van der Waals surface area (Å²) in [6.45, 7) is 18.0. The zero-order valence-electron chi connectivity index (χ0n) is 18.7. The van der Waals surface area contributed by atoms with Gasteiger partial charge in [0.15, 0.2) is 0 Å². The van der Waals surface area contributed by atoms with Gasteiger partial charge in [-0.05, 0) is 57.1 Å². The van der Waals surface area contributed by atoms with Crippen molar-refractivity contribution in [2.45, 2.75) is 79.1 Å². The van der Waals surface area contributed by atoms with Crippen molar-refractivity contribution in [1.29, 1.82) is 0 Å². The maximum atomic E-state index is 5.09. The summed E-state index contributed by atoms with van der Waals surface area (Å²) in [5.41, 5.74) is 7.89. The van der Waals surface area contributed by atoms with Crippen LogP contribution in [0, 0.1) is 0 Å². The van der Waals surface area contributed by atoms with Gasteiger partial charge in [0.2, 0.25) is 0 Å². The molecule has 2 rings (SSSR count). The molecule has 0 saturated heterocycles. The molecule has 152 valence electrons. The van der Waals surface area contributed by atoms with Crippen molar-refractivity contribution in [2.24, 2.45) is 0 Å². The molecule has 28 heavy (non-hydrogen) atoms. The second kappa shape index (κ2) is 9.59.